The van der Waals surface area contributed by atoms with Crippen molar-refractivity contribution in [3.05, 3.63) is 66.7 Å². The number of nitrogens with zero attached hydrogens (tertiary/aromatic N) is 3. The van der Waals surface area contributed by atoms with E-state index < -0.39 is 5.91 Å². The van der Waals surface area contributed by atoms with Gasteiger partial charge in [-0.15, -0.1) is 0 Å². The van der Waals surface area contributed by atoms with Gasteiger partial charge in [-0.1, -0.05) is 42.5 Å². The number of H-pyrrole nitrogens is 1. The molecule has 4 aromatic rings. The van der Waals surface area contributed by atoms with Crippen LogP contribution in [0.2, 0.25) is 0 Å². The molecule has 2 heterocycles. The molecule has 0 aliphatic heterocycles. The van der Waals surface area contributed by atoms with Crippen LogP contribution in [0.5, 0.6) is 0 Å². The quantitative estimate of drug-likeness (QED) is 0.607. The van der Waals surface area contributed by atoms with Crippen LogP contribution in [0.4, 0.5) is 0 Å². The lowest BCUT2D eigenvalue weighted by atomic mass is 9.93. The van der Waals surface area contributed by atoms with Crippen LogP contribution in [0.3, 0.4) is 0 Å². The number of carbonyl (C=O) groups is 1. The van der Waals surface area contributed by atoms with E-state index >= 15 is 0 Å². The smallest absolute Gasteiger partial charge is 0.249 e. The Bertz CT molecular complexity index is 1050. The maximum atomic E-state index is 11.8. The zero-order valence-electron chi connectivity index (χ0n) is 12.6. The standard InChI is InChI=1S/C18H13N5O/c19-17(24)14-8-4-2-6-12(14)11-5-1-3-7-13(11)15-16-18(22-9-20-15)23-10-21-16/h1-10H,(H2,19,24)(H,20,21,22,23). The lowest BCUT2D eigenvalue weighted by Crippen LogP contribution is -2.12. The molecule has 0 fully saturated rings. The number of nitrogens with one attached hydrogen (secondary N) is 1. The molecule has 0 aliphatic rings. The first kappa shape index (κ1) is 14.1. The van der Waals surface area contributed by atoms with Gasteiger partial charge in [0.2, 0.25) is 5.91 Å². The molecule has 0 aliphatic carbocycles. The number of imidazole rings is 1. The highest BCUT2D eigenvalue weighted by Gasteiger charge is 2.16. The maximum absolute atomic E-state index is 11.8. The summed E-state index contributed by atoms with van der Waals surface area (Å²) in [7, 11) is 0. The SMILES string of the molecule is NC(=O)c1ccccc1-c1ccccc1-c1ncnc2[nH]cnc12. The van der Waals surface area contributed by atoms with Gasteiger partial charge in [-0.2, -0.15) is 0 Å². The number of rotatable bonds is 3. The molecular weight excluding hydrogens is 302 g/mol. The van der Waals surface area contributed by atoms with Crippen molar-refractivity contribution in [3.8, 4) is 22.4 Å². The number of hydrogen-bond donors (Lipinski definition) is 2. The third-order valence-electron chi connectivity index (χ3n) is 3.88. The van der Waals surface area contributed by atoms with E-state index in [0.29, 0.717) is 22.4 Å². The van der Waals surface area contributed by atoms with Gasteiger partial charge in [-0.05, 0) is 17.2 Å². The van der Waals surface area contributed by atoms with Gasteiger partial charge in [-0.25, -0.2) is 15.0 Å². The van der Waals surface area contributed by atoms with Crippen LogP contribution in [0.25, 0.3) is 33.5 Å². The summed E-state index contributed by atoms with van der Waals surface area (Å²) in [4.78, 5) is 27.7. The van der Waals surface area contributed by atoms with Crippen molar-refractivity contribution < 1.29 is 4.79 Å². The van der Waals surface area contributed by atoms with E-state index in [1.165, 1.54) is 6.33 Å². The summed E-state index contributed by atoms with van der Waals surface area (Å²) in [5.41, 5.74) is 10.6. The molecule has 0 spiro atoms. The molecule has 1 amide bonds. The highest BCUT2D eigenvalue weighted by Crippen LogP contribution is 2.34. The minimum Gasteiger partial charge on any atom is -0.366 e. The van der Waals surface area contributed by atoms with E-state index in [1.807, 2.05) is 36.4 Å². The summed E-state index contributed by atoms with van der Waals surface area (Å²) in [6.45, 7) is 0. The van der Waals surface area contributed by atoms with Gasteiger partial charge in [0.1, 0.15) is 17.5 Å². The van der Waals surface area contributed by atoms with Crippen LogP contribution >= 0.6 is 0 Å². The number of carbonyl (C=O) groups excluding carboxylic acids is 1. The molecule has 0 bridgehead atoms. The molecule has 0 radical (unpaired) electrons. The first-order valence-electron chi connectivity index (χ1n) is 7.38. The van der Waals surface area contributed by atoms with Crippen LogP contribution in [0.1, 0.15) is 10.4 Å². The summed E-state index contributed by atoms with van der Waals surface area (Å²) >= 11 is 0. The normalized spacial score (nSPS) is 10.8. The molecule has 0 atom stereocenters. The van der Waals surface area contributed by atoms with E-state index in [9.17, 15) is 4.79 Å². The van der Waals surface area contributed by atoms with Gasteiger partial charge >= 0.3 is 0 Å². The number of nitrogens with two attached hydrogens (primary N) is 1. The van der Waals surface area contributed by atoms with Gasteiger partial charge in [0.15, 0.2) is 5.65 Å². The van der Waals surface area contributed by atoms with Crippen LogP contribution in [-0.2, 0) is 0 Å². The van der Waals surface area contributed by atoms with Crippen molar-refractivity contribution in [2.75, 3.05) is 0 Å². The zero-order valence-corrected chi connectivity index (χ0v) is 12.6. The number of aromatic nitrogens is 4. The molecule has 116 valence electrons. The molecule has 3 N–H and O–H groups in total. The summed E-state index contributed by atoms with van der Waals surface area (Å²) < 4.78 is 0. The molecule has 0 unspecified atom stereocenters. The van der Waals surface area contributed by atoms with E-state index in [4.69, 9.17) is 5.73 Å². The minimum absolute atomic E-state index is 0.465. The van der Waals surface area contributed by atoms with E-state index in [-0.39, 0.29) is 0 Å². The van der Waals surface area contributed by atoms with E-state index in [0.717, 1.165) is 16.7 Å². The Morgan fingerprint density at radius 2 is 1.58 bits per heavy atom. The van der Waals surface area contributed by atoms with Crippen molar-refractivity contribution in [3.63, 3.8) is 0 Å². The fourth-order valence-corrected chi connectivity index (χ4v) is 2.82. The van der Waals surface area contributed by atoms with Crippen LogP contribution in [-0.4, -0.2) is 25.8 Å². The maximum Gasteiger partial charge on any atom is 0.249 e. The Balaban J connectivity index is 2.01. The van der Waals surface area contributed by atoms with Crippen molar-refractivity contribution in [1.82, 2.24) is 19.9 Å². The van der Waals surface area contributed by atoms with Crippen LogP contribution < -0.4 is 5.73 Å². The van der Waals surface area contributed by atoms with Crippen molar-refractivity contribution in [1.29, 1.82) is 0 Å². The first-order chi connectivity index (χ1) is 11.8. The van der Waals surface area contributed by atoms with Crippen LogP contribution in [0.15, 0.2) is 61.2 Å². The zero-order chi connectivity index (χ0) is 16.5. The monoisotopic (exact) mass is 315 g/mol. The van der Waals surface area contributed by atoms with E-state index in [1.54, 1.807) is 18.5 Å². The van der Waals surface area contributed by atoms with Crippen LogP contribution in [0, 0.1) is 0 Å². The fourth-order valence-electron chi connectivity index (χ4n) is 2.82. The van der Waals surface area contributed by atoms with Gasteiger partial charge in [0, 0.05) is 11.1 Å². The number of amides is 1. The Morgan fingerprint density at radius 3 is 2.38 bits per heavy atom. The third kappa shape index (κ3) is 2.21. The third-order valence-corrected chi connectivity index (χ3v) is 3.88. The van der Waals surface area contributed by atoms with E-state index in [2.05, 4.69) is 19.9 Å². The second kappa shape index (κ2) is 5.58. The molecule has 24 heavy (non-hydrogen) atoms. The Kier molecular flexibility index (Phi) is 3.28. The topological polar surface area (TPSA) is 97.5 Å². The van der Waals surface area contributed by atoms with Gasteiger partial charge in [0.05, 0.1) is 6.33 Å². The Labute approximate surface area is 137 Å². The largest absolute Gasteiger partial charge is 0.366 e. The Morgan fingerprint density at radius 1 is 0.875 bits per heavy atom. The van der Waals surface area contributed by atoms with Crippen molar-refractivity contribution in [2.24, 2.45) is 5.73 Å². The van der Waals surface area contributed by atoms with Crippen molar-refractivity contribution in [2.45, 2.75) is 0 Å². The number of fused-ring (bicyclic) bond motifs is 1. The summed E-state index contributed by atoms with van der Waals surface area (Å²) in [5, 5.41) is 0. The molecule has 0 saturated carbocycles. The average molecular weight is 315 g/mol. The predicted octanol–water partition coefficient (Wildman–Crippen LogP) is 2.79. The second-order valence-electron chi connectivity index (χ2n) is 5.28. The Hall–Kier alpha value is -3.54. The molecule has 6 nitrogen and oxygen atoms in total. The number of benzene rings is 2. The second-order valence-corrected chi connectivity index (χ2v) is 5.28. The summed E-state index contributed by atoms with van der Waals surface area (Å²) in [5.74, 6) is -0.465. The fraction of sp³-hybridized carbons (Fsp3) is 0. The predicted molar refractivity (Wildman–Crippen MR) is 91.1 cm³/mol. The highest BCUT2D eigenvalue weighted by molar-refractivity contribution is 6.03. The van der Waals surface area contributed by atoms with Crippen molar-refractivity contribution >= 4 is 17.1 Å². The molecule has 6 heteroatoms. The average Bonchev–Trinajstić information content (AvgIpc) is 3.10. The molecule has 2 aromatic carbocycles. The molecule has 2 aromatic heterocycles. The minimum atomic E-state index is -0.465. The van der Waals surface area contributed by atoms with Gasteiger partial charge in [0.25, 0.3) is 0 Å². The molecule has 4 rings (SSSR count). The molecule has 0 saturated heterocycles. The number of aromatic amines is 1. The summed E-state index contributed by atoms with van der Waals surface area (Å²) in [6, 6.07) is 15.0. The number of primary amides is 1. The van der Waals surface area contributed by atoms with Gasteiger partial charge in [-0.3, -0.25) is 4.79 Å². The highest BCUT2D eigenvalue weighted by atomic mass is 16.1. The summed E-state index contributed by atoms with van der Waals surface area (Å²) in [6.07, 6.45) is 3.08. The van der Waals surface area contributed by atoms with Gasteiger partial charge < -0.3 is 10.7 Å². The first-order valence-corrected chi connectivity index (χ1v) is 7.38. The lowest BCUT2D eigenvalue weighted by molar-refractivity contribution is 0.100. The number of hydrogen-bond acceptors (Lipinski definition) is 4. The lowest BCUT2D eigenvalue weighted by Gasteiger charge is -2.12. The molecular formula is C18H13N5O.